The number of benzene rings is 1. The first-order valence-corrected chi connectivity index (χ1v) is 12.3. The topological polar surface area (TPSA) is 87.8 Å². The highest BCUT2D eigenvalue weighted by Crippen LogP contribution is 2.47. The minimum absolute atomic E-state index is 0.134. The number of nitrogens with zero attached hydrogens (tertiary/aromatic N) is 3. The summed E-state index contributed by atoms with van der Waals surface area (Å²) in [4.78, 5) is 11.6. The number of nitrogens with one attached hydrogen (secondary N) is 1. The fraction of sp³-hybridized carbons (Fsp3) is 0.269. The average Bonchev–Trinajstić information content (AvgIpc) is 3.25. The van der Waals surface area contributed by atoms with Crippen LogP contribution >= 0.6 is 11.3 Å². The van der Waals surface area contributed by atoms with E-state index in [9.17, 15) is 18.3 Å². The van der Waals surface area contributed by atoms with Crippen molar-refractivity contribution in [3.05, 3.63) is 87.0 Å². The number of fused-ring (bicyclic) bond motifs is 1. The molecule has 36 heavy (non-hydrogen) atoms. The third-order valence-corrected chi connectivity index (χ3v) is 7.86. The highest BCUT2D eigenvalue weighted by molar-refractivity contribution is 7.12. The van der Waals surface area contributed by atoms with Gasteiger partial charge >= 0.3 is 6.18 Å². The lowest BCUT2D eigenvalue weighted by Gasteiger charge is -2.29. The molecule has 0 saturated heterocycles. The zero-order valence-electron chi connectivity index (χ0n) is 19.3. The summed E-state index contributed by atoms with van der Waals surface area (Å²) < 4.78 is 46.1. The Morgan fingerprint density at radius 3 is 2.39 bits per heavy atom. The van der Waals surface area contributed by atoms with Crippen molar-refractivity contribution in [2.24, 2.45) is 0 Å². The standard InChI is InChI=1S/C26H21F3N4O2S/c1-13-22(14(2)35-33-13)16-11-18(23-19(12-16)31-24(32-23)15-3-4-15)25(34,17-7-9-30-10-8-17)20-5-6-21(36-20)26(27,28)29/h5-12,15,34H,3-4H2,1-2H3,(H,31,32). The molecule has 4 aromatic heterocycles. The number of halogens is 3. The van der Waals surface area contributed by atoms with Crippen LogP contribution in [0.3, 0.4) is 0 Å². The molecule has 2 N–H and O–H groups in total. The van der Waals surface area contributed by atoms with E-state index in [1.807, 2.05) is 13.0 Å². The molecule has 1 aromatic carbocycles. The Balaban J connectivity index is 1.68. The molecule has 1 aliphatic rings. The number of aromatic amines is 1. The Labute approximate surface area is 207 Å². The molecule has 1 atom stereocenters. The molecular weight excluding hydrogens is 489 g/mol. The number of hydrogen-bond donors (Lipinski definition) is 2. The molecular formula is C26H21F3N4O2S. The zero-order chi connectivity index (χ0) is 25.2. The van der Waals surface area contributed by atoms with Crippen molar-refractivity contribution in [2.75, 3.05) is 0 Å². The molecule has 10 heteroatoms. The van der Waals surface area contributed by atoms with Gasteiger partial charge in [0.2, 0.25) is 0 Å². The number of pyridine rings is 1. The quantitative estimate of drug-likeness (QED) is 0.283. The second-order valence-electron chi connectivity index (χ2n) is 9.12. The first-order valence-electron chi connectivity index (χ1n) is 11.4. The molecule has 0 aliphatic heterocycles. The number of rotatable bonds is 5. The van der Waals surface area contributed by atoms with Crippen molar-refractivity contribution in [3.8, 4) is 11.1 Å². The summed E-state index contributed by atoms with van der Waals surface area (Å²) in [5.74, 6) is 1.71. The van der Waals surface area contributed by atoms with Gasteiger partial charge in [-0.3, -0.25) is 4.98 Å². The van der Waals surface area contributed by atoms with Gasteiger partial charge in [0, 0.05) is 34.3 Å². The van der Waals surface area contributed by atoms with E-state index < -0.39 is 16.7 Å². The van der Waals surface area contributed by atoms with Gasteiger partial charge in [-0.2, -0.15) is 13.2 Å². The van der Waals surface area contributed by atoms with E-state index in [0.717, 1.165) is 35.9 Å². The summed E-state index contributed by atoms with van der Waals surface area (Å²) in [5, 5.41) is 16.5. The fourth-order valence-electron chi connectivity index (χ4n) is 4.71. The van der Waals surface area contributed by atoms with Crippen LogP contribution in [0.1, 0.15) is 56.9 Å². The number of thiophene rings is 1. The summed E-state index contributed by atoms with van der Waals surface area (Å²) in [6.45, 7) is 3.62. The Kier molecular flexibility index (Phi) is 5.10. The van der Waals surface area contributed by atoms with Crippen molar-refractivity contribution in [1.29, 1.82) is 0 Å². The van der Waals surface area contributed by atoms with Crippen molar-refractivity contribution in [1.82, 2.24) is 20.1 Å². The molecule has 0 amide bonds. The van der Waals surface area contributed by atoms with Crippen molar-refractivity contribution < 1.29 is 22.8 Å². The van der Waals surface area contributed by atoms with Crippen molar-refractivity contribution in [2.45, 2.75) is 44.4 Å². The number of aryl methyl sites for hydroxylation is 2. The van der Waals surface area contributed by atoms with Crippen LogP contribution in [0.25, 0.3) is 22.2 Å². The van der Waals surface area contributed by atoms with Gasteiger partial charge in [0.1, 0.15) is 16.5 Å². The van der Waals surface area contributed by atoms with Gasteiger partial charge in [0.05, 0.1) is 16.7 Å². The molecule has 6 rings (SSSR count). The first-order chi connectivity index (χ1) is 17.2. The van der Waals surface area contributed by atoms with Gasteiger partial charge in [-0.1, -0.05) is 5.16 Å². The SMILES string of the molecule is Cc1noc(C)c1-c1cc(C(O)(c2ccncc2)c2ccc(C(F)(F)F)s2)c2nc(C3CC3)[nH]c2c1. The summed E-state index contributed by atoms with van der Waals surface area (Å²) in [7, 11) is 0. The summed E-state index contributed by atoms with van der Waals surface area (Å²) >= 11 is 0.516. The van der Waals surface area contributed by atoms with E-state index in [1.165, 1.54) is 18.5 Å². The van der Waals surface area contributed by atoms with Crippen LogP contribution in [0.2, 0.25) is 0 Å². The van der Waals surface area contributed by atoms with E-state index >= 15 is 0 Å². The molecule has 6 nitrogen and oxygen atoms in total. The molecule has 1 unspecified atom stereocenters. The highest BCUT2D eigenvalue weighted by Gasteiger charge is 2.42. The molecule has 5 aromatic rings. The maximum Gasteiger partial charge on any atom is 0.425 e. The Hall–Kier alpha value is -3.50. The lowest BCUT2D eigenvalue weighted by atomic mass is 9.83. The van der Waals surface area contributed by atoms with Crippen LogP contribution in [0.4, 0.5) is 13.2 Å². The summed E-state index contributed by atoms with van der Waals surface area (Å²) in [5.41, 5.74) is 2.20. The minimum atomic E-state index is -4.53. The fourth-order valence-corrected chi connectivity index (χ4v) is 5.71. The molecule has 4 heterocycles. The van der Waals surface area contributed by atoms with Gasteiger partial charge < -0.3 is 14.6 Å². The Morgan fingerprint density at radius 2 is 1.78 bits per heavy atom. The monoisotopic (exact) mass is 510 g/mol. The number of aliphatic hydroxyl groups is 1. The number of H-pyrrole nitrogens is 1. The molecule has 184 valence electrons. The molecule has 0 spiro atoms. The van der Waals surface area contributed by atoms with Crippen LogP contribution in [-0.2, 0) is 11.8 Å². The Bertz CT molecular complexity index is 1560. The van der Waals surface area contributed by atoms with Crippen LogP contribution in [0.15, 0.2) is 53.3 Å². The van der Waals surface area contributed by atoms with E-state index in [0.29, 0.717) is 50.9 Å². The van der Waals surface area contributed by atoms with Gasteiger partial charge in [0.25, 0.3) is 0 Å². The maximum atomic E-state index is 13.6. The number of hydrogen-bond acceptors (Lipinski definition) is 6. The van der Waals surface area contributed by atoms with Crippen LogP contribution in [0.5, 0.6) is 0 Å². The number of imidazole rings is 1. The molecule has 1 fully saturated rings. The third kappa shape index (κ3) is 3.63. The molecule has 0 radical (unpaired) electrons. The normalized spacial score (nSPS) is 15.9. The number of alkyl halides is 3. The van der Waals surface area contributed by atoms with E-state index in [-0.39, 0.29) is 4.88 Å². The zero-order valence-corrected chi connectivity index (χ0v) is 20.2. The lowest BCUT2D eigenvalue weighted by Crippen LogP contribution is -2.28. The lowest BCUT2D eigenvalue weighted by molar-refractivity contribution is -0.134. The predicted octanol–water partition coefficient (Wildman–Crippen LogP) is 6.47. The second-order valence-corrected chi connectivity index (χ2v) is 10.2. The third-order valence-electron chi connectivity index (χ3n) is 6.62. The first kappa shape index (κ1) is 22.9. The van der Waals surface area contributed by atoms with E-state index in [2.05, 4.69) is 15.1 Å². The molecule has 1 aliphatic carbocycles. The van der Waals surface area contributed by atoms with Gasteiger partial charge in [0.15, 0.2) is 5.60 Å². The second kappa shape index (κ2) is 8.01. The average molecular weight is 511 g/mol. The predicted molar refractivity (Wildman–Crippen MR) is 129 cm³/mol. The van der Waals surface area contributed by atoms with Gasteiger partial charge in [-0.15, -0.1) is 11.3 Å². The van der Waals surface area contributed by atoms with Crippen LogP contribution < -0.4 is 0 Å². The largest absolute Gasteiger partial charge is 0.425 e. The van der Waals surface area contributed by atoms with Crippen LogP contribution in [0, 0.1) is 13.8 Å². The number of aromatic nitrogens is 4. The van der Waals surface area contributed by atoms with Crippen LogP contribution in [-0.4, -0.2) is 25.2 Å². The summed E-state index contributed by atoms with van der Waals surface area (Å²) in [6, 6.07) is 9.25. The highest BCUT2D eigenvalue weighted by atomic mass is 32.1. The minimum Gasteiger partial charge on any atom is -0.375 e. The van der Waals surface area contributed by atoms with E-state index in [1.54, 1.807) is 25.1 Å². The van der Waals surface area contributed by atoms with Gasteiger partial charge in [-0.05, 0) is 74.2 Å². The Morgan fingerprint density at radius 1 is 1.06 bits per heavy atom. The van der Waals surface area contributed by atoms with Crippen molar-refractivity contribution >= 4 is 22.4 Å². The van der Waals surface area contributed by atoms with Crippen molar-refractivity contribution in [3.63, 3.8) is 0 Å². The van der Waals surface area contributed by atoms with E-state index in [4.69, 9.17) is 9.51 Å². The maximum absolute atomic E-state index is 13.6. The molecule has 1 saturated carbocycles. The summed E-state index contributed by atoms with van der Waals surface area (Å²) in [6.07, 6.45) is 0.518. The van der Waals surface area contributed by atoms with Gasteiger partial charge in [-0.25, -0.2) is 4.98 Å². The smallest absolute Gasteiger partial charge is 0.375 e. The molecule has 0 bridgehead atoms.